The van der Waals surface area contributed by atoms with Crippen LogP contribution in [0.3, 0.4) is 0 Å². The molecule has 0 spiro atoms. The van der Waals surface area contributed by atoms with Crippen LogP contribution in [0.4, 0.5) is 0 Å². The molecule has 6 heteroatoms. The molecule has 0 saturated heterocycles. The monoisotopic (exact) mass is 256 g/mol. The van der Waals surface area contributed by atoms with Crippen molar-refractivity contribution in [3.05, 3.63) is 29.0 Å². The number of halogens is 1. The van der Waals surface area contributed by atoms with Crippen molar-refractivity contribution in [2.75, 3.05) is 6.61 Å². The Kier molecular flexibility index (Phi) is 5.42. The standard InChI is InChI=1S/C11H13ClN2O3/c1-2-3-5-17-6-4-9-8(10(15)16)7-13-11(12)14-9/h4,6-7H,2-3,5H2,1H3,(H,15,16). The van der Waals surface area contributed by atoms with E-state index >= 15 is 0 Å². The van der Waals surface area contributed by atoms with Crippen molar-refractivity contribution >= 4 is 23.6 Å². The molecule has 0 aliphatic heterocycles. The number of unbranched alkanes of at least 4 members (excludes halogenated alkanes) is 1. The molecule has 1 N–H and O–H groups in total. The van der Waals surface area contributed by atoms with Crippen molar-refractivity contribution < 1.29 is 14.6 Å². The lowest BCUT2D eigenvalue weighted by Gasteiger charge is -2.01. The van der Waals surface area contributed by atoms with Gasteiger partial charge in [0.05, 0.1) is 18.6 Å². The maximum absolute atomic E-state index is 10.9. The third kappa shape index (κ3) is 4.40. The van der Waals surface area contributed by atoms with Crippen LogP contribution in [0.5, 0.6) is 0 Å². The third-order valence-electron chi connectivity index (χ3n) is 1.96. The zero-order valence-corrected chi connectivity index (χ0v) is 10.1. The molecule has 0 atom stereocenters. The molecule has 0 amide bonds. The summed E-state index contributed by atoms with van der Waals surface area (Å²) in [4.78, 5) is 18.3. The smallest absolute Gasteiger partial charge is 0.339 e. The van der Waals surface area contributed by atoms with E-state index in [1.54, 1.807) is 0 Å². The molecule has 0 bridgehead atoms. The average molecular weight is 257 g/mol. The molecule has 5 nitrogen and oxygen atoms in total. The predicted octanol–water partition coefficient (Wildman–Crippen LogP) is 2.62. The lowest BCUT2D eigenvalue weighted by atomic mass is 10.2. The summed E-state index contributed by atoms with van der Waals surface area (Å²) in [6, 6.07) is 0. The van der Waals surface area contributed by atoms with E-state index in [9.17, 15) is 4.79 Å². The Balaban J connectivity index is 2.74. The topological polar surface area (TPSA) is 72.3 Å². The van der Waals surface area contributed by atoms with Gasteiger partial charge in [0, 0.05) is 6.20 Å². The van der Waals surface area contributed by atoms with Gasteiger partial charge in [0.15, 0.2) is 0 Å². The lowest BCUT2D eigenvalue weighted by Crippen LogP contribution is -2.03. The van der Waals surface area contributed by atoms with Crippen LogP contribution < -0.4 is 0 Å². The van der Waals surface area contributed by atoms with Gasteiger partial charge in [-0.3, -0.25) is 0 Å². The number of aromatic carboxylic acids is 1. The Labute approximate surface area is 104 Å². The maximum Gasteiger partial charge on any atom is 0.339 e. The summed E-state index contributed by atoms with van der Waals surface area (Å²) in [5.41, 5.74) is 0.221. The van der Waals surface area contributed by atoms with Crippen molar-refractivity contribution in [3.63, 3.8) is 0 Å². The van der Waals surface area contributed by atoms with Crippen LogP contribution in [0.2, 0.25) is 5.28 Å². The predicted molar refractivity (Wildman–Crippen MR) is 63.9 cm³/mol. The zero-order valence-electron chi connectivity index (χ0n) is 9.39. The average Bonchev–Trinajstić information content (AvgIpc) is 2.28. The second kappa shape index (κ2) is 6.85. The van der Waals surface area contributed by atoms with Crippen LogP contribution >= 0.6 is 11.6 Å². The zero-order chi connectivity index (χ0) is 12.7. The molecule has 0 saturated carbocycles. The molecular formula is C11H13ClN2O3. The van der Waals surface area contributed by atoms with Crippen LogP contribution in [0, 0.1) is 0 Å². The highest BCUT2D eigenvalue weighted by Gasteiger charge is 2.10. The Morgan fingerprint density at radius 2 is 2.41 bits per heavy atom. The minimum atomic E-state index is -1.10. The highest BCUT2D eigenvalue weighted by Crippen LogP contribution is 2.10. The molecule has 0 aliphatic rings. The van der Waals surface area contributed by atoms with Crippen LogP contribution in [0.15, 0.2) is 12.5 Å². The van der Waals surface area contributed by atoms with Crippen molar-refractivity contribution in [1.29, 1.82) is 0 Å². The number of nitrogens with zero attached hydrogens (tertiary/aromatic N) is 2. The van der Waals surface area contributed by atoms with E-state index in [0.717, 1.165) is 12.8 Å². The fraction of sp³-hybridized carbons (Fsp3) is 0.364. The molecule has 1 aromatic rings. The van der Waals surface area contributed by atoms with Gasteiger partial charge in [-0.15, -0.1) is 0 Å². The van der Waals surface area contributed by atoms with E-state index in [4.69, 9.17) is 21.4 Å². The van der Waals surface area contributed by atoms with Gasteiger partial charge in [-0.1, -0.05) is 13.3 Å². The Morgan fingerprint density at radius 1 is 1.65 bits per heavy atom. The summed E-state index contributed by atoms with van der Waals surface area (Å²) >= 11 is 5.59. The van der Waals surface area contributed by atoms with Crippen LogP contribution in [0.25, 0.3) is 6.08 Å². The van der Waals surface area contributed by atoms with Gasteiger partial charge < -0.3 is 9.84 Å². The van der Waals surface area contributed by atoms with Gasteiger partial charge >= 0.3 is 5.97 Å². The highest BCUT2D eigenvalue weighted by molar-refractivity contribution is 6.28. The molecule has 17 heavy (non-hydrogen) atoms. The molecule has 0 unspecified atom stereocenters. The van der Waals surface area contributed by atoms with Gasteiger partial charge in [-0.2, -0.15) is 0 Å². The first-order chi connectivity index (χ1) is 8.15. The number of hydrogen-bond acceptors (Lipinski definition) is 4. The van der Waals surface area contributed by atoms with Crippen LogP contribution in [0.1, 0.15) is 35.8 Å². The van der Waals surface area contributed by atoms with E-state index in [1.807, 2.05) is 0 Å². The fourth-order valence-electron chi connectivity index (χ4n) is 1.07. The number of rotatable bonds is 6. The summed E-state index contributed by atoms with van der Waals surface area (Å²) in [5.74, 6) is -1.10. The molecule has 1 aromatic heterocycles. The lowest BCUT2D eigenvalue weighted by molar-refractivity contribution is 0.0695. The molecule has 1 heterocycles. The van der Waals surface area contributed by atoms with E-state index in [-0.39, 0.29) is 16.5 Å². The van der Waals surface area contributed by atoms with E-state index in [1.165, 1.54) is 18.5 Å². The van der Waals surface area contributed by atoms with Crippen molar-refractivity contribution in [3.8, 4) is 0 Å². The number of ether oxygens (including phenoxy) is 1. The first-order valence-electron chi connectivity index (χ1n) is 5.19. The Morgan fingerprint density at radius 3 is 3.06 bits per heavy atom. The Bertz CT molecular complexity index is 421. The van der Waals surface area contributed by atoms with Crippen molar-refractivity contribution in [1.82, 2.24) is 9.97 Å². The molecular weight excluding hydrogens is 244 g/mol. The summed E-state index contributed by atoms with van der Waals surface area (Å²) in [6.45, 7) is 2.65. The van der Waals surface area contributed by atoms with Crippen LogP contribution in [-0.4, -0.2) is 27.7 Å². The molecule has 0 fully saturated rings. The quantitative estimate of drug-likeness (QED) is 0.481. The van der Waals surface area contributed by atoms with Gasteiger partial charge in [0.25, 0.3) is 0 Å². The first kappa shape index (κ1) is 13.4. The summed E-state index contributed by atoms with van der Waals surface area (Å²) in [6.07, 6.45) is 6.03. The third-order valence-corrected chi connectivity index (χ3v) is 2.14. The summed E-state index contributed by atoms with van der Waals surface area (Å²) in [7, 11) is 0. The van der Waals surface area contributed by atoms with Crippen LogP contribution in [-0.2, 0) is 4.74 Å². The highest BCUT2D eigenvalue weighted by atomic mass is 35.5. The van der Waals surface area contributed by atoms with Gasteiger partial charge in [0.1, 0.15) is 5.56 Å². The Hall–Kier alpha value is -1.62. The second-order valence-electron chi connectivity index (χ2n) is 3.27. The molecule has 1 rings (SSSR count). The van der Waals surface area contributed by atoms with E-state index in [2.05, 4.69) is 16.9 Å². The largest absolute Gasteiger partial charge is 0.501 e. The van der Waals surface area contributed by atoms with Gasteiger partial charge in [-0.25, -0.2) is 14.8 Å². The number of carboxylic acids is 1. The SMILES string of the molecule is CCCCOC=Cc1nc(Cl)ncc1C(=O)O. The van der Waals surface area contributed by atoms with E-state index < -0.39 is 5.97 Å². The molecule has 0 aromatic carbocycles. The number of hydrogen-bond donors (Lipinski definition) is 1. The fourth-order valence-corrected chi connectivity index (χ4v) is 1.21. The number of carboxylic acid groups (broad SMARTS) is 1. The number of aromatic nitrogens is 2. The normalized spacial score (nSPS) is 10.7. The minimum Gasteiger partial charge on any atom is -0.501 e. The van der Waals surface area contributed by atoms with Gasteiger partial charge in [-0.05, 0) is 24.1 Å². The van der Waals surface area contributed by atoms with Crippen molar-refractivity contribution in [2.45, 2.75) is 19.8 Å². The molecule has 92 valence electrons. The van der Waals surface area contributed by atoms with Crippen molar-refractivity contribution in [2.24, 2.45) is 0 Å². The summed E-state index contributed by atoms with van der Waals surface area (Å²) in [5, 5.41) is 8.90. The number of carbonyl (C=O) groups is 1. The molecule has 0 aliphatic carbocycles. The first-order valence-corrected chi connectivity index (χ1v) is 5.57. The molecule has 0 radical (unpaired) electrons. The minimum absolute atomic E-state index is 0.00297. The van der Waals surface area contributed by atoms with Gasteiger partial charge in [0.2, 0.25) is 5.28 Å². The second-order valence-corrected chi connectivity index (χ2v) is 3.61. The van der Waals surface area contributed by atoms with E-state index in [0.29, 0.717) is 6.61 Å². The summed E-state index contributed by atoms with van der Waals surface area (Å²) < 4.78 is 5.18. The maximum atomic E-state index is 10.9.